The summed E-state index contributed by atoms with van der Waals surface area (Å²) in [6, 6.07) is 13.4. The Morgan fingerprint density at radius 2 is 1.73 bits per heavy atom. The fraction of sp³-hybridized carbons (Fsp3) is 0.263. The van der Waals surface area contributed by atoms with Gasteiger partial charge in [0.25, 0.3) is 5.91 Å². The van der Waals surface area contributed by atoms with Crippen LogP contribution in [0, 0.1) is 5.82 Å². The number of ether oxygens (including phenoxy) is 1. The summed E-state index contributed by atoms with van der Waals surface area (Å²) in [7, 11) is 0. The number of amides is 1. The van der Waals surface area contributed by atoms with Crippen molar-refractivity contribution in [3.05, 3.63) is 59.9 Å². The Balaban J connectivity index is 1.49. The molecular formula is C19H20FN3O3. The zero-order chi connectivity index (χ0) is 18.5. The molecule has 2 aromatic carbocycles. The van der Waals surface area contributed by atoms with Crippen molar-refractivity contribution in [2.45, 2.75) is 0 Å². The fourth-order valence-corrected chi connectivity index (χ4v) is 2.87. The molecule has 26 heavy (non-hydrogen) atoms. The van der Waals surface area contributed by atoms with Crippen LogP contribution in [0.25, 0.3) is 0 Å². The normalized spacial score (nSPS) is 14.2. The van der Waals surface area contributed by atoms with Gasteiger partial charge in [-0.25, -0.2) is 9.18 Å². The quantitative estimate of drug-likeness (QED) is 0.668. The number of hydrogen-bond donors (Lipinski definition) is 1. The van der Waals surface area contributed by atoms with Gasteiger partial charge in [-0.1, -0.05) is 18.2 Å². The van der Waals surface area contributed by atoms with Gasteiger partial charge in [0.05, 0.1) is 5.56 Å². The Morgan fingerprint density at radius 1 is 1.04 bits per heavy atom. The van der Waals surface area contributed by atoms with Crippen molar-refractivity contribution in [2.75, 3.05) is 43.4 Å². The van der Waals surface area contributed by atoms with E-state index in [9.17, 15) is 14.0 Å². The second-order valence-electron chi connectivity index (χ2n) is 6.01. The molecule has 0 aromatic heterocycles. The van der Waals surface area contributed by atoms with Gasteiger partial charge in [-0.05, 0) is 30.3 Å². The predicted molar refractivity (Wildman–Crippen MR) is 96.3 cm³/mol. The van der Waals surface area contributed by atoms with Gasteiger partial charge in [0.2, 0.25) is 0 Å². The Hall–Kier alpha value is -3.09. The lowest BCUT2D eigenvalue weighted by molar-refractivity contribution is -0.134. The Bertz CT molecular complexity index is 790. The number of nitrogens with zero attached hydrogens (tertiary/aromatic N) is 2. The Morgan fingerprint density at radius 3 is 2.38 bits per heavy atom. The smallest absolute Gasteiger partial charge is 0.340 e. The van der Waals surface area contributed by atoms with Crippen molar-refractivity contribution in [1.82, 2.24) is 4.90 Å². The second-order valence-corrected chi connectivity index (χ2v) is 6.01. The number of halogens is 1. The van der Waals surface area contributed by atoms with E-state index in [4.69, 9.17) is 10.5 Å². The minimum absolute atomic E-state index is 0.0149. The topological polar surface area (TPSA) is 75.9 Å². The molecule has 0 aliphatic carbocycles. The van der Waals surface area contributed by atoms with Crippen LogP contribution < -0.4 is 10.6 Å². The highest BCUT2D eigenvalue weighted by Gasteiger charge is 2.22. The van der Waals surface area contributed by atoms with Gasteiger partial charge in [0.15, 0.2) is 6.61 Å². The first kappa shape index (κ1) is 17.7. The van der Waals surface area contributed by atoms with E-state index in [1.165, 1.54) is 6.07 Å². The molecule has 2 N–H and O–H groups in total. The van der Waals surface area contributed by atoms with Crippen LogP contribution in [0.1, 0.15) is 10.4 Å². The first-order chi connectivity index (χ1) is 12.5. The standard InChI is InChI=1S/C19H20FN3O3/c20-14-6-7-16(17(21)12-14)19(25)26-13-18(24)23-10-8-22(9-11-23)15-4-2-1-3-5-15/h1-7,12H,8-11,13,21H2. The molecule has 7 heteroatoms. The van der Waals surface area contributed by atoms with Gasteiger partial charge in [0, 0.05) is 37.6 Å². The van der Waals surface area contributed by atoms with Crippen LogP contribution in [0.3, 0.4) is 0 Å². The lowest BCUT2D eigenvalue weighted by atomic mass is 10.2. The molecule has 1 saturated heterocycles. The number of esters is 1. The van der Waals surface area contributed by atoms with Crippen LogP contribution in [0.15, 0.2) is 48.5 Å². The number of piperazine rings is 1. The molecule has 136 valence electrons. The Labute approximate surface area is 150 Å². The molecule has 1 aliphatic rings. The molecule has 3 rings (SSSR count). The highest BCUT2D eigenvalue weighted by Crippen LogP contribution is 2.16. The van der Waals surface area contributed by atoms with E-state index in [1.54, 1.807) is 4.90 Å². The third-order valence-electron chi connectivity index (χ3n) is 4.31. The molecule has 0 saturated carbocycles. The molecule has 1 aliphatic heterocycles. The monoisotopic (exact) mass is 357 g/mol. The van der Waals surface area contributed by atoms with E-state index >= 15 is 0 Å². The first-order valence-corrected chi connectivity index (χ1v) is 8.34. The zero-order valence-corrected chi connectivity index (χ0v) is 14.2. The van der Waals surface area contributed by atoms with E-state index in [0.29, 0.717) is 26.2 Å². The molecule has 1 fully saturated rings. The molecule has 0 atom stereocenters. The van der Waals surface area contributed by atoms with Gasteiger partial charge in [-0.2, -0.15) is 0 Å². The molecule has 0 radical (unpaired) electrons. The van der Waals surface area contributed by atoms with Crippen LogP contribution in [-0.2, 0) is 9.53 Å². The molecule has 1 amide bonds. The summed E-state index contributed by atoms with van der Waals surface area (Å²) in [5.41, 5.74) is 6.76. The van der Waals surface area contributed by atoms with Crippen LogP contribution in [0.2, 0.25) is 0 Å². The molecule has 0 unspecified atom stereocenters. The number of anilines is 2. The van der Waals surface area contributed by atoms with Crippen LogP contribution in [0.5, 0.6) is 0 Å². The van der Waals surface area contributed by atoms with Crippen molar-refractivity contribution in [3.8, 4) is 0 Å². The van der Waals surface area contributed by atoms with Gasteiger partial charge in [-0.15, -0.1) is 0 Å². The van der Waals surface area contributed by atoms with Crippen LogP contribution in [0.4, 0.5) is 15.8 Å². The minimum atomic E-state index is -0.737. The highest BCUT2D eigenvalue weighted by atomic mass is 19.1. The predicted octanol–water partition coefficient (Wildman–Crippen LogP) is 1.91. The minimum Gasteiger partial charge on any atom is -0.452 e. The van der Waals surface area contributed by atoms with Crippen molar-refractivity contribution in [1.29, 1.82) is 0 Å². The van der Waals surface area contributed by atoms with Crippen LogP contribution >= 0.6 is 0 Å². The summed E-state index contributed by atoms with van der Waals surface area (Å²) in [6.07, 6.45) is 0. The molecule has 0 bridgehead atoms. The summed E-state index contributed by atoms with van der Waals surface area (Å²) in [5.74, 6) is -1.53. The third-order valence-corrected chi connectivity index (χ3v) is 4.31. The number of hydrogen-bond acceptors (Lipinski definition) is 5. The molecule has 1 heterocycles. The molecule has 6 nitrogen and oxygen atoms in total. The van der Waals surface area contributed by atoms with Gasteiger partial charge in [0.1, 0.15) is 5.82 Å². The summed E-state index contributed by atoms with van der Waals surface area (Å²) in [4.78, 5) is 28.1. The van der Waals surface area contributed by atoms with E-state index in [0.717, 1.165) is 17.8 Å². The number of benzene rings is 2. The number of rotatable bonds is 4. The van der Waals surface area contributed by atoms with Crippen LogP contribution in [-0.4, -0.2) is 49.6 Å². The summed E-state index contributed by atoms with van der Waals surface area (Å²) in [5, 5.41) is 0. The summed E-state index contributed by atoms with van der Waals surface area (Å²) in [6.45, 7) is 2.19. The van der Waals surface area contributed by atoms with Crippen molar-refractivity contribution in [3.63, 3.8) is 0 Å². The van der Waals surface area contributed by atoms with Gasteiger partial charge >= 0.3 is 5.97 Å². The van der Waals surface area contributed by atoms with E-state index in [2.05, 4.69) is 4.90 Å². The summed E-state index contributed by atoms with van der Waals surface area (Å²) >= 11 is 0. The first-order valence-electron chi connectivity index (χ1n) is 8.34. The maximum Gasteiger partial charge on any atom is 0.340 e. The molecule has 2 aromatic rings. The second kappa shape index (κ2) is 7.86. The average molecular weight is 357 g/mol. The van der Waals surface area contributed by atoms with Crippen molar-refractivity contribution < 1.29 is 18.7 Å². The average Bonchev–Trinajstić information content (AvgIpc) is 2.66. The van der Waals surface area contributed by atoms with E-state index in [-0.39, 0.29) is 23.8 Å². The highest BCUT2D eigenvalue weighted by molar-refractivity contribution is 5.96. The van der Waals surface area contributed by atoms with Crippen molar-refractivity contribution in [2.24, 2.45) is 0 Å². The third kappa shape index (κ3) is 4.11. The maximum atomic E-state index is 13.0. The number of carbonyl (C=O) groups is 2. The van der Waals surface area contributed by atoms with Gasteiger partial charge < -0.3 is 20.3 Å². The largest absolute Gasteiger partial charge is 0.452 e. The van der Waals surface area contributed by atoms with Crippen molar-refractivity contribution >= 4 is 23.3 Å². The fourth-order valence-electron chi connectivity index (χ4n) is 2.87. The zero-order valence-electron chi connectivity index (χ0n) is 14.2. The number of nitrogens with two attached hydrogens (primary N) is 1. The van der Waals surface area contributed by atoms with E-state index in [1.807, 2.05) is 30.3 Å². The molecular weight excluding hydrogens is 337 g/mol. The number of para-hydroxylation sites is 1. The SMILES string of the molecule is Nc1cc(F)ccc1C(=O)OCC(=O)N1CCN(c2ccccc2)CC1. The number of carbonyl (C=O) groups excluding carboxylic acids is 2. The molecule has 0 spiro atoms. The lowest BCUT2D eigenvalue weighted by Gasteiger charge is -2.36. The Kier molecular flexibility index (Phi) is 5.36. The summed E-state index contributed by atoms with van der Waals surface area (Å²) < 4.78 is 18.1. The maximum absolute atomic E-state index is 13.0. The van der Waals surface area contributed by atoms with E-state index < -0.39 is 11.8 Å². The van der Waals surface area contributed by atoms with Gasteiger partial charge in [-0.3, -0.25) is 4.79 Å². The lowest BCUT2D eigenvalue weighted by Crippen LogP contribution is -2.49. The number of nitrogen functional groups attached to an aromatic ring is 1.